The molecule has 0 aromatic rings. The van der Waals surface area contributed by atoms with Crippen LogP contribution in [0.3, 0.4) is 0 Å². The molecule has 15 heavy (non-hydrogen) atoms. The Morgan fingerprint density at radius 3 is 2.67 bits per heavy atom. The molecule has 2 N–H and O–H groups in total. The molecule has 5 heteroatoms. The van der Waals surface area contributed by atoms with Gasteiger partial charge in [0.2, 0.25) is 5.92 Å². The van der Waals surface area contributed by atoms with Gasteiger partial charge in [0.25, 0.3) is 0 Å². The van der Waals surface area contributed by atoms with Crippen LogP contribution >= 0.6 is 0 Å². The molecule has 1 unspecified atom stereocenters. The number of carbonyl (C=O) groups is 1. The number of alkyl halides is 2. The van der Waals surface area contributed by atoms with Crippen LogP contribution in [-0.2, 0) is 4.79 Å². The van der Waals surface area contributed by atoms with Gasteiger partial charge in [0.1, 0.15) is 0 Å². The van der Waals surface area contributed by atoms with Crippen molar-refractivity contribution in [3.63, 3.8) is 0 Å². The molecule has 0 bridgehead atoms. The minimum atomic E-state index is -2.91. The molecule has 0 aromatic carbocycles. The number of nitrogens with one attached hydrogen (secondary N) is 1. The van der Waals surface area contributed by atoms with Gasteiger partial charge in [-0.15, -0.1) is 0 Å². The van der Waals surface area contributed by atoms with E-state index in [4.69, 9.17) is 5.11 Å². The molecule has 0 saturated carbocycles. The summed E-state index contributed by atoms with van der Waals surface area (Å²) in [6, 6.07) is 0. The first-order chi connectivity index (χ1) is 6.86. The highest BCUT2D eigenvalue weighted by Gasteiger charge is 2.45. The van der Waals surface area contributed by atoms with Gasteiger partial charge < -0.3 is 10.4 Å². The second kappa shape index (κ2) is 4.43. The second-order valence-corrected chi connectivity index (χ2v) is 4.44. The Labute approximate surface area is 87.9 Å². The largest absolute Gasteiger partial charge is 0.481 e. The zero-order valence-corrected chi connectivity index (χ0v) is 8.85. The fourth-order valence-corrected chi connectivity index (χ4v) is 2.19. The molecule has 1 atom stereocenters. The van der Waals surface area contributed by atoms with Crippen molar-refractivity contribution in [3.8, 4) is 0 Å². The van der Waals surface area contributed by atoms with E-state index in [-0.39, 0.29) is 6.42 Å². The molecule has 0 aliphatic carbocycles. The Kier molecular flexibility index (Phi) is 3.65. The molecule has 1 heterocycles. The zero-order valence-electron chi connectivity index (χ0n) is 8.85. The SMILES string of the molecule is CC(F)(F)CC1(C(=O)O)CCCNCC1. The number of halogens is 2. The van der Waals surface area contributed by atoms with Crippen LogP contribution in [-0.4, -0.2) is 30.1 Å². The number of hydrogen-bond acceptors (Lipinski definition) is 2. The predicted octanol–water partition coefficient (Wildman–Crippen LogP) is 1.88. The van der Waals surface area contributed by atoms with Crippen molar-refractivity contribution >= 4 is 5.97 Å². The Morgan fingerprint density at radius 2 is 2.13 bits per heavy atom. The first-order valence-corrected chi connectivity index (χ1v) is 5.18. The van der Waals surface area contributed by atoms with Crippen LogP contribution in [0.5, 0.6) is 0 Å². The predicted molar refractivity (Wildman–Crippen MR) is 52.0 cm³/mol. The summed E-state index contributed by atoms with van der Waals surface area (Å²) in [5.41, 5.74) is -1.25. The van der Waals surface area contributed by atoms with Crippen molar-refractivity contribution in [2.24, 2.45) is 5.41 Å². The quantitative estimate of drug-likeness (QED) is 0.765. The van der Waals surface area contributed by atoms with Gasteiger partial charge in [0.05, 0.1) is 5.41 Å². The topological polar surface area (TPSA) is 49.3 Å². The molecular weight excluding hydrogens is 204 g/mol. The van der Waals surface area contributed by atoms with E-state index >= 15 is 0 Å². The van der Waals surface area contributed by atoms with Gasteiger partial charge in [-0.1, -0.05) is 0 Å². The van der Waals surface area contributed by atoms with Gasteiger partial charge >= 0.3 is 5.97 Å². The third kappa shape index (κ3) is 3.41. The summed E-state index contributed by atoms with van der Waals surface area (Å²) >= 11 is 0. The number of rotatable bonds is 3. The summed E-state index contributed by atoms with van der Waals surface area (Å²) in [5.74, 6) is -4.00. The van der Waals surface area contributed by atoms with Crippen LogP contribution in [0, 0.1) is 5.41 Å². The van der Waals surface area contributed by atoms with Gasteiger partial charge in [-0.05, 0) is 39.3 Å². The fraction of sp³-hybridized carbons (Fsp3) is 0.900. The van der Waals surface area contributed by atoms with Gasteiger partial charge in [-0.3, -0.25) is 4.79 Å². The van der Waals surface area contributed by atoms with E-state index < -0.39 is 23.7 Å². The van der Waals surface area contributed by atoms with Crippen LogP contribution in [0.15, 0.2) is 0 Å². The first-order valence-electron chi connectivity index (χ1n) is 5.18. The third-order valence-electron chi connectivity index (χ3n) is 2.89. The molecule has 0 aromatic heterocycles. The van der Waals surface area contributed by atoms with E-state index in [0.29, 0.717) is 25.9 Å². The lowest BCUT2D eigenvalue weighted by Gasteiger charge is -2.30. The molecule has 1 rings (SSSR count). The molecule has 0 radical (unpaired) electrons. The molecule has 88 valence electrons. The second-order valence-electron chi connectivity index (χ2n) is 4.44. The number of aliphatic carboxylic acids is 1. The normalized spacial score (nSPS) is 28.5. The highest BCUT2D eigenvalue weighted by Crippen LogP contribution is 2.40. The van der Waals surface area contributed by atoms with E-state index in [9.17, 15) is 13.6 Å². The molecular formula is C10H17F2NO2. The molecule has 1 aliphatic rings. The molecule has 1 saturated heterocycles. The summed E-state index contributed by atoms with van der Waals surface area (Å²) in [5, 5.41) is 12.2. The Balaban J connectivity index is 2.81. The van der Waals surface area contributed by atoms with Gasteiger partial charge in [-0.25, -0.2) is 8.78 Å². The van der Waals surface area contributed by atoms with E-state index in [1.165, 1.54) is 0 Å². The lowest BCUT2D eigenvalue weighted by atomic mass is 9.76. The Hall–Kier alpha value is -0.710. The van der Waals surface area contributed by atoms with Crippen molar-refractivity contribution < 1.29 is 18.7 Å². The summed E-state index contributed by atoms with van der Waals surface area (Å²) in [7, 11) is 0. The van der Waals surface area contributed by atoms with Gasteiger partial charge in [0.15, 0.2) is 0 Å². The van der Waals surface area contributed by atoms with Crippen molar-refractivity contribution in [1.82, 2.24) is 5.32 Å². The van der Waals surface area contributed by atoms with Crippen LogP contribution in [0.25, 0.3) is 0 Å². The summed E-state index contributed by atoms with van der Waals surface area (Å²) in [6.45, 7) is 2.00. The lowest BCUT2D eigenvalue weighted by molar-refractivity contribution is -0.156. The average Bonchev–Trinajstić information content (AvgIpc) is 2.28. The molecule has 0 amide bonds. The Morgan fingerprint density at radius 1 is 1.47 bits per heavy atom. The lowest BCUT2D eigenvalue weighted by Crippen LogP contribution is -2.37. The molecule has 1 aliphatic heterocycles. The van der Waals surface area contributed by atoms with E-state index in [2.05, 4.69) is 5.32 Å². The van der Waals surface area contributed by atoms with Crippen LogP contribution < -0.4 is 5.32 Å². The highest BCUT2D eigenvalue weighted by molar-refractivity contribution is 5.74. The van der Waals surface area contributed by atoms with Crippen molar-refractivity contribution in [2.45, 2.75) is 38.5 Å². The average molecular weight is 221 g/mol. The summed E-state index contributed by atoms with van der Waals surface area (Å²) in [4.78, 5) is 11.1. The number of hydrogen-bond donors (Lipinski definition) is 2. The highest BCUT2D eigenvalue weighted by atomic mass is 19.3. The van der Waals surface area contributed by atoms with Crippen LogP contribution in [0.1, 0.15) is 32.6 Å². The van der Waals surface area contributed by atoms with Crippen molar-refractivity contribution in [2.75, 3.05) is 13.1 Å². The molecule has 1 fully saturated rings. The third-order valence-corrected chi connectivity index (χ3v) is 2.89. The maximum atomic E-state index is 13.0. The number of carboxylic acids is 1. The number of carboxylic acid groups (broad SMARTS) is 1. The van der Waals surface area contributed by atoms with Crippen molar-refractivity contribution in [1.29, 1.82) is 0 Å². The first kappa shape index (κ1) is 12.4. The molecule has 0 spiro atoms. The standard InChI is InChI=1S/C10H17F2NO2/c1-9(11,12)7-10(8(14)15)3-2-5-13-6-4-10/h13H,2-7H2,1H3,(H,14,15). The zero-order chi connectivity index (χ0) is 11.5. The smallest absolute Gasteiger partial charge is 0.309 e. The molecule has 3 nitrogen and oxygen atoms in total. The maximum absolute atomic E-state index is 13.0. The maximum Gasteiger partial charge on any atom is 0.309 e. The monoisotopic (exact) mass is 221 g/mol. The van der Waals surface area contributed by atoms with Crippen LogP contribution in [0.2, 0.25) is 0 Å². The van der Waals surface area contributed by atoms with Gasteiger partial charge in [-0.2, -0.15) is 0 Å². The minimum absolute atomic E-state index is 0.283. The minimum Gasteiger partial charge on any atom is -0.481 e. The Bertz CT molecular complexity index is 230. The van der Waals surface area contributed by atoms with Gasteiger partial charge in [0, 0.05) is 6.42 Å². The van der Waals surface area contributed by atoms with Crippen molar-refractivity contribution in [3.05, 3.63) is 0 Å². The van der Waals surface area contributed by atoms with Crippen LogP contribution in [0.4, 0.5) is 8.78 Å². The van der Waals surface area contributed by atoms with E-state index in [0.717, 1.165) is 6.92 Å². The van der Waals surface area contributed by atoms with E-state index in [1.54, 1.807) is 0 Å². The van der Waals surface area contributed by atoms with E-state index in [1.807, 2.05) is 0 Å². The summed E-state index contributed by atoms with van der Waals surface area (Å²) in [6.07, 6.45) is 0.698. The fourth-order valence-electron chi connectivity index (χ4n) is 2.19. The summed E-state index contributed by atoms with van der Waals surface area (Å²) < 4.78 is 25.9.